The second kappa shape index (κ2) is 7.70. The van der Waals surface area contributed by atoms with Crippen LogP contribution in [-0.2, 0) is 24.2 Å². The third-order valence-corrected chi connectivity index (χ3v) is 5.41. The van der Waals surface area contributed by atoms with Gasteiger partial charge in [0.25, 0.3) is 5.91 Å². The molecule has 3 rings (SSSR count). The van der Waals surface area contributed by atoms with E-state index < -0.39 is 5.97 Å². The van der Waals surface area contributed by atoms with Crippen molar-refractivity contribution < 1.29 is 19.4 Å². The van der Waals surface area contributed by atoms with Crippen molar-refractivity contribution in [2.24, 2.45) is 5.92 Å². The number of hydrogen-bond donors (Lipinski definition) is 2. The number of benzene rings is 1. The molecule has 1 amide bonds. The van der Waals surface area contributed by atoms with Gasteiger partial charge in [-0.25, -0.2) is 4.79 Å². The summed E-state index contributed by atoms with van der Waals surface area (Å²) >= 11 is 1.68. The maximum Gasteiger partial charge on any atom is 0.341 e. The van der Waals surface area contributed by atoms with Crippen molar-refractivity contribution in [1.29, 1.82) is 0 Å². The van der Waals surface area contributed by atoms with Crippen LogP contribution in [0.5, 0.6) is 5.75 Å². The van der Waals surface area contributed by atoms with Gasteiger partial charge in [-0.3, -0.25) is 4.79 Å². The molecule has 2 aromatic rings. The van der Waals surface area contributed by atoms with E-state index in [0.717, 1.165) is 30.4 Å². The fourth-order valence-corrected chi connectivity index (χ4v) is 4.28. The number of amides is 1. The molecule has 0 spiro atoms. The molecule has 1 aliphatic rings. The predicted octanol–water partition coefficient (Wildman–Crippen LogP) is 3.27. The molecule has 0 saturated carbocycles. The third-order valence-electron chi connectivity index (χ3n) is 4.36. The van der Waals surface area contributed by atoms with Crippen LogP contribution in [0.15, 0.2) is 29.6 Å². The molecule has 0 aliphatic heterocycles. The lowest BCUT2D eigenvalue weighted by molar-refractivity contribution is -0.139. The van der Waals surface area contributed by atoms with Gasteiger partial charge in [0.1, 0.15) is 5.75 Å². The molecule has 1 atom stereocenters. The van der Waals surface area contributed by atoms with E-state index in [-0.39, 0.29) is 12.5 Å². The van der Waals surface area contributed by atoms with Crippen LogP contribution in [-0.4, -0.2) is 23.6 Å². The third kappa shape index (κ3) is 4.39. The minimum Gasteiger partial charge on any atom is -0.482 e. The van der Waals surface area contributed by atoms with Crippen molar-refractivity contribution >= 4 is 23.2 Å². The van der Waals surface area contributed by atoms with E-state index in [1.54, 1.807) is 29.5 Å². The molecule has 1 aromatic carbocycles. The van der Waals surface area contributed by atoms with E-state index in [4.69, 9.17) is 9.84 Å². The van der Waals surface area contributed by atoms with Gasteiger partial charge in [0.15, 0.2) is 6.61 Å². The zero-order chi connectivity index (χ0) is 17.8. The Kier molecular flexibility index (Phi) is 5.38. The summed E-state index contributed by atoms with van der Waals surface area (Å²) in [5.74, 6) is 0.103. The smallest absolute Gasteiger partial charge is 0.341 e. The van der Waals surface area contributed by atoms with E-state index in [9.17, 15) is 9.59 Å². The number of hydrogen-bond acceptors (Lipinski definition) is 4. The van der Waals surface area contributed by atoms with Gasteiger partial charge in [0.2, 0.25) is 0 Å². The van der Waals surface area contributed by atoms with Gasteiger partial charge >= 0.3 is 5.97 Å². The van der Waals surface area contributed by atoms with Crippen molar-refractivity contribution in [3.63, 3.8) is 0 Å². The number of aliphatic carboxylic acids is 1. The van der Waals surface area contributed by atoms with Gasteiger partial charge in [-0.05, 0) is 48.4 Å². The standard InChI is InChI=1S/C19H21NO4S/c1-12-5-6-15-16(11-25-17(15)7-12)19(23)20-9-13-3-2-4-14(8-13)24-10-18(21)22/h2-4,8,11-12H,5-7,9-10H2,1H3,(H,20,23)(H,21,22). The Labute approximate surface area is 150 Å². The molecule has 1 heterocycles. The Morgan fingerprint density at radius 1 is 1.40 bits per heavy atom. The van der Waals surface area contributed by atoms with Gasteiger partial charge in [-0.15, -0.1) is 11.3 Å². The molecule has 0 fully saturated rings. The van der Waals surface area contributed by atoms with Gasteiger partial charge in [-0.2, -0.15) is 0 Å². The Balaban J connectivity index is 1.61. The molecular formula is C19H21NO4S. The minimum absolute atomic E-state index is 0.0519. The van der Waals surface area contributed by atoms with E-state index in [1.807, 2.05) is 11.4 Å². The van der Waals surface area contributed by atoms with Crippen molar-refractivity contribution in [2.45, 2.75) is 32.7 Å². The van der Waals surface area contributed by atoms with Crippen LogP contribution in [0.2, 0.25) is 0 Å². The second-order valence-corrected chi connectivity index (χ2v) is 7.38. The zero-order valence-corrected chi connectivity index (χ0v) is 14.9. The summed E-state index contributed by atoms with van der Waals surface area (Å²) in [4.78, 5) is 24.4. The van der Waals surface area contributed by atoms with Crippen LogP contribution in [0.3, 0.4) is 0 Å². The van der Waals surface area contributed by atoms with Crippen molar-refractivity contribution in [2.75, 3.05) is 6.61 Å². The largest absolute Gasteiger partial charge is 0.482 e. The quantitative estimate of drug-likeness (QED) is 0.830. The van der Waals surface area contributed by atoms with E-state index >= 15 is 0 Å². The number of nitrogens with one attached hydrogen (secondary N) is 1. The lowest BCUT2D eigenvalue weighted by atomic mass is 9.88. The molecular weight excluding hydrogens is 338 g/mol. The predicted molar refractivity (Wildman–Crippen MR) is 96.3 cm³/mol. The lowest BCUT2D eigenvalue weighted by Gasteiger charge is -2.18. The minimum atomic E-state index is -1.02. The number of ether oxygens (including phenoxy) is 1. The van der Waals surface area contributed by atoms with E-state index in [1.165, 1.54) is 10.4 Å². The summed E-state index contributed by atoms with van der Waals surface area (Å²) in [5.41, 5.74) is 2.87. The summed E-state index contributed by atoms with van der Waals surface area (Å²) in [6, 6.07) is 7.10. The Hall–Kier alpha value is -2.34. The normalized spacial score (nSPS) is 16.1. The van der Waals surface area contributed by atoms with Gasteiger partial charge < -0.3 is 15.2 Å². The van der Waals surface area contributed by atoms with E-state index in [0.29, 0.717) is 18.2 Å². The summed E-state index contributed by atoms with van der Waals surface area (Å²) < 4.78 is 5.16. The van der Waals surface area contributed by atoms with E-state index in [2.05, 4.69) is 12.2 Å². The number of fused-ring (bicyclic) bond motifs is 1. The Bertz CT molecular complexity index is 783. The molecule has 132 valence electrons. The highest BCUT2D eigenvalue weighted by atomic mass is 32.1. The molecule has 0 bridgehead atoms. The average Bonchev–Trinajstić information content (AvgIpc) is 3.01. The number of carboxylic acids is 1. The monoisotopic (exact) mass is 359 g/mol. The van der Waals surface area contributed by atoms with Crippen molar-refractivity contribution in [3.8, 4) is 5.75 Å². The summed E-state index contributed by atoms with van der Waals surface area (Å²) in [5, 5.41) is 13.6. The number of carboxylic acid groups (broad SMARTS) is 1. The maximum atomic E-state index is 12.5. The fraction of sp³-hybridized carbons (Fsp3) is 0.368. The summed E-state index contributed by atoms with van der Waals surface area (Å²) in [6.45, 7) is 2.25. The van der Waals surface area contributed by atoms with Crippen LogP contribution in [0.1, 0.15) is 39.7 Å². The van der Waals surface area contributed by atoms with Crippen LogP contribution < -0.4 is 10.1 Å². The van der Waals surface area contributed by atoms with Crippen molar-refractivity contribution in [1.82, 2.24) is 5.32 Å². The molecule has 0 saturated heterocycles. The molecule has 1 unspecified atom stereocenters. The van der Waals surface area contributed by atoms with Gasteiger partial charge in [0, 0.05) is 16.8 Å². The van der Waals surface area contributed by atoms with Crippen LogP contribution in [0, 0.1) is 5.92 Å². The first kappa shape index (κ1) is 17.5. The Morgan fingerprint density at radius 3 is 3.04 bits per heavy atom. The first-order valence-electron chi connectivity index (χ1n) is 8.34. The topological polar surface area (TPSA) is 75.6 Å². The number of carbonyl (C=O) groups is 2. The second-order valence-electron chi connectivity index (χ2n) is 6.41. The average molecular weight is 359 g/mol. The van der Waals surface area contributed by atoms with Gasteiger partial charge in [-0.1, -0.05) is 19.1 Å². The van der Waals surface area contributed by atoms with Crippen LogP contribution >= 0.6 is 11.3 Å². The Morgan fingerprint density at radius 2 is 2.24 bits per heavy atom. The highest BCUT2D eigenvalue weighted by Gasteiger charge is 2.23. The molecule has 2 N–H and O–H groups in total. The highest BCUT2D eigenvalue weighted by Crippen LogP contribution is 2.32. The molecule has 1 aliphatic carbocycles. The zero-order valence-electron chi connectivity index (χ0n) is 14.1. The first-order valence-corrected chi connectivity index (χ1v) is 9.22. The maximum absolute atomic E-state index is 12.5. The molecule has 5 nitrogen and oxygen atoms in total. The lowest BCUT2D eigenvalue weighted by Crippen LogP contribution is -2.24. The van der Waals surface area contributed by atoms with Crippen LogP contribution in [0.4, 0.5) is 0 Å². The summed E-state index contributed by atoms with van der Waals surface area (Å²) in [6.07, 6.45) is 3.17. The SMILES string of the molecule is CC1CCc2c(C(=O)NCc3cccc(OCC(=O)O)c3)csc2C1. The number of carbonyl (C=O) groups excluding carboxylic acids is 1. The first-order chi connectivity index (χ1) is 12.0. The number of thiophene rings is 1. The van der Waals surface area contributed by atoms with Gasteiger partial charge in [0.05, 0.1) is 5.56 Å². The van der Waals surface area contributed by atoms with Crippen LogP contribution in [0.25, 0.3) is 0 Å². The molecule has 6 heteroatoms. The summed E-state index contributed by atoms with van der Waals surface area (Å²) in [7, 11) is 0. The number of rotatable bonds is 6. The van der Waals surface area contributed by atoms with Crippen molar-refractivity contribution in [3.05, 3.63) is 51.2 Å². The molecule has 0 radical (unpaired) electrons. The molecule has 1 aromatic heterocycles. The molecule has 25 heavy (non-hydrogen) atoms. The highest BCUT2D eigenvalue weighted by molar-refractivity contribution is 7.10. The fourth-order valence-electron chi connectivity index (χ4n) is 3.04.